The van der Waals surface area contributed by atoms with Gasteiger partial charge in [0.25, 0.3) is 0 Å². The second kappa shape index (κ2) is 5.88. The third-order valence-electron chi connectivity index (χ3n) is 5.05. The van der Waals surface area contributed by atoms with Crippen LogP contribution < -0.4 is 0 Å². The first-order valence-electron chi connectivity index (χ1n) is 8.66. The number of rotatable bonds is 4. The summed E-state index contributed by atoms with van der Waals surface area (Å²) in [5.74, 6) is 1.20. The van der Waals surface area contributed by atoms with Crippen LogP contribution in [0.1, 0.15) is 61.4 Å². The van der Waals surface area contributed by atoms with Gasteiger partial charge in [-0.05, 0) is 52.0 Å². The van der Waals surface area contributed by atoms with Crippen molar-refractivity contribution in [1.29, 1.82) is 0 Å². The topological polar surface area (TPSA) is 49.7 Å². The molecule has 0 spiro atoms. The van der Waals surface area contributed by atoms with Gasteiger partial charge in [0.2, 0.25) is 0 Å². The predicted octanol–water partition coefficient (Wildman–Crippen LogP) is 2.84. The van der Waals surface area contributed by atoms with Gasteiger partial charge >= 0.3 is 0 Å². The van der Waals surface area contributed by atoms with Crippen LogP contribution in [0.4, 0.5) is 0 Å². The van der Waals surface area contributed by atoms with E-state index in [0.717, 1.165) is 26.1 Å². The number of aryl methyl sites for hydroxylation is 3. The van der Waals surface area contributed by atoms with E-state index in [1.165, 1.54) is 54.9 Å². The SMILES string of the molecule is CCn1cc(CN2CCC[C@H]2c2nc3c([nH]2)CCCC3)cn1. The summed E-state index contributed by atoms with van der Waals surface area (Å²) < 4.78 is 2.01. The normalized spacial score (nSPS) is 22.1. The van der Waals surface area contributed by atoms with E-state index in [4.69, 9.17) is 4.98 Å². The molecular formula is C17H25N5. The van der Waals surface area contributed by atoms with Gasteiger partial charge < -0.3 is 4.98 Å². The van der Waals surface area contributed by atoms with Crippen molar-refractivity contribution in [3.05, 3.63) is 35.2 Å². The Morgan fingerprint density at radius 1 is 1.27 bits per heavy atom. The molecule has 1 fully saturated rings. The van der Waals surface area contributed by atoms with Crippen molar-refractivity contribution in [2.45, 2.75) is 64.6 Å². The second-order valence-electron chi connectivity index (χ2n) is 6.59. The number of aromatic amines is 1. The highest BCUT2D eigenvalue weighted by Crippen LogP contribution is 2.33. The Labute approximate surface area is 131 Å². The van der Waals surface area contributed by atoms with E-state index < -0.39 is 0 Å². The summed E-state index contributed by atoms with van der Waals surface area (Å²) in [5, 5.41) is 4.39. The van der Waals surface area contributed by atoms with Crippen LogP contribution in [0.25, 0.3) is 0 Å². The summed E-state index contributed by atoms with van der Waals surface area (Å²) in [6, 6.07) is 0.454. The third-order valence-corrected chi connectivity index (χ3v) is 5.05. The molecule has 2 aromatic heterocycles. The number of likely N-dealkylation sites (tertiary alicyclic amines) is 1. The zero-order valence-corrected chi connectivity index (χ0v) is 13.4. The lowest BCUT2D eigenvalue weighted by atomic mass is 10.0. The van der Waals surface area contributed by atoms with Gasteiger partial charge in [-0.25, -0.2) is 4.98 Å². The van der Waals surface area contributed by atoms with Gasteiger partial charge in [-0.2, -0.15) is 5.10 Å². The first-order valence-corrected chi connectivity index (χ1v) is 8.66. The molecule has 1 aliphatic heterocycles. The fourth-order valence-corrected chi connectivity index (χ4v) is 3.85. The highest BCUT2D eigenvalue weighted by molar-refractivity contribution is 5.20. The quantitative estimate of drug-likeness (QED) is 0.944. The van der Waals surface area contributed by atoms with Crippen molar-refractivity contribution in [3.63, 3.8) is 0 Å². The molecule has 5 heteroatoms. The Balaban J connectivity index is 1.51. The molecule has 4 rings (SSSR count). The van der Waals surface area contributed by atoms with E-state index in [2.05, 4.69) is 28.1 Å². The monoisotopic (exact) mass is 299 g/mol. The second-order valence-corrected chi connectivity index (χ2v) is 6.59. The van der Waals surface area contributed by atoms with Gasteiger partial charge in [-0.15, -0.1) is 0 Å². The molecular weight excluding hydrogens is 274 g/mol. The number of hydrogen-bond acceptors (Lipinski definition) is 3. The lowest BCUT2D eigenvalue weighted by Crippen LogP contribution is -2.23. The van der Waals surface area contributed by atoms with Crippen molar-refractivity contribution in [3.8, 4) is 0 Å². The van der Waals surface area contributed by atoms with Crippen LogP contribution in [-0.4, -0.2) is 31.2 Å². The maximum atomic E-state index is 4.93. The minimum Gasteiger partial charge on any atom is -0.344 e. The van der Waals surface area contributed by atoms with Crippen molar-refractivity contribution < 1.29 is 0 Å². The zero-order valence-electron chi connectivity index (χ0n) is 13.4. The largest absolute Gasteiger partial charge is 0.344 e. The molecule has 0 amide bonds. The number of nitrogens with zero attached hydrogens (tertiary/aromatic N) is 4. The molecule has 1 N–H and O–H groups in total. The Bertz CT molecular complexity index is 618. The lowest BCUT2D eigenvalue weighted by molar-refractivity contribution is 0.240. The first kappa shape index (κ1) is 14.0. The highest BCUT2D eigenvalue weighted by Gasteiger charge is 2.29. The number of nitrogens with one attached hydrogen (secondary N) is 1. The highest BCUT2D eigenvalue weighted by atomic mass is 15.3. The van der Waals surface area contributed by atoms with Crippen LogP contribution in [0.15, 0.2) is 12.4 Å². The molecule has 22 heavy (non-hydrogen) atoms. The van der Waals surface area contributed by atoms with Gasteiger partial charge in [-0.1, -0.05) is 0 Å². The van der Waals surface area contributed by atoms with E-state index in [1.807, 2.05) is 10.9 Å². The molecule has 3 heterocycles. The summed E-state index contributed by atoms with van der Waals surface area (Å²) >= 11 is 0. The van der Waals surface area contributed by atoms with Gasteiger partial charge in [0, 0.05) is 30.5 Å². The Kier molecular flexibility index (Phi) is 3.74. The molecule has 0 saturated carbocycles. The zero-order chi connectivity index (χ0) is 14.9. The molecule has 1 aliphatic carbocycles. The summed E-state index contributed by atoms with van der Waals surface area (Å²) in [6.45, 7) is 5.21. The summed E-state index contributed by atoms with van der Waals surface area (Å²) in [7, 11) is 0. The van der Waals surface area contributed by atoms with Crippen LogP contribution in [0.3, 0.4) is 0 Å². The molecule has 2 aromatic rings. The molecule has 0 aromatic carbocycles. The Hall–Kier alpha value is -1.62. The number of fused-ring (bicyclic) bond motifs is 1. The molecule has 2 aliphatic rings. The number of aromatic nitrogens is 4. The van der Waals surface area contributed by atoms with Gasteiger partial charge in [0.15, 0.2) is 0 Å². The van der Waals surface area contributed by atoms with Crippen molar-refractivity contribution in [1.82, 2.24) is 24.6 Å². The molecule has 0 unspecified atom stereocenters. The maximum absolute atomic E-state index is 4.93. The van der Waals surface area contributed by atoms with E-state index in [0.29, 0.717) is 6.04 Å². The average Bonchev–Trinajstić information content (AvgIpc) is 3.25. The molecule has 0 bridgehead atoms. The van der Waals surface area contributed by atoms with Crippen LogP contribution >= 0.6 is 0 Å². The molecule has 1 saturated heterocycles. The molecule has 1 atom stereocenters. The van der Waals surface area contributed by atoms with Crippen molar-refractivity contribution >= 4 is 0 Å². The Morgan fingerprint density at radius 3 is 3.00 bits per heavy atom. The van der Waals surface area contributed by atoms with E-state index in [9.17, 15) is 0 Å². The lowest BCUT2D eigenvalue weighted by Gasteiger charge is -2.22. The minimum absolute atomic E-state index is 0.454. The number of H-pyrrole nitrogens is 1. The predicted molar refractivity (Wildman–Crippen MR) is 85.5 cm³/mol. The van der Waals surface area contributed by atoms with Gasteiger partial charge in [-0.3, -0.25) is 9.58 Å². The minimum atomic E-state index is 0.454. The third kappa shape index (κ3) is 2.58. The van der Waals surface area contributed by atoms with Crippen LogP contribution in [0.5, 0.6) is 0 Å². The van der Waals surface area contributed by atoms with E-state index >= 15 is 0 Å². The van der Waals surface area contributed by atoms with Crippen LogP contribution in [-0.2, 0) is 25.9 Å². The number of hydrogen-bond donors (Lipinski definition) is 1. The van der Waals surface area contributed by atoms with Crippen molar-refractivity contribution in [2.75, 3.05) is 6.54 Å². The van der Waals surface area contributed by atoms with Gasteiger partial charge in [0.1, 0.15) is 5.82 Å². The summed E-state index contributed by atoms with van der Waals surface area (Å²) in [4.78, 5) is 11.1. The Morgan fingerprint density at radius 2 is 2.18 bits per heavy atom. The van der Waals surface area contributed by atoms with E-state index in [1.54, 1.807) is 0 Å². The molecule has 0 radical (unpaired) electrons. The fraction of sp³-hybridized carbons (Fsp3) is 0.647. The standard InChI is InChI=1S/C17H25N5/c1-2-22-12-13(10-18-22)11-21-9-5-8-16(21)17-19-14-6-3-4-7-15(14)20-17/h10,12,16H,2-9,11H2,1H3,(H,19,20)/t16-/m0/s1. The molecule has 5 nitrogen and oxygen atoms in total. The number of imidazole rings is 1. The summed E-state index contributed by atoms with van der Waals surface area (Å²) in [5.41, 5.74) is 4.03. The summed E-state index contributed by atoms with van der Waals surface area (Å²) in [6.07, 6.45) is 11.6. The van der Waals surface area contributed by atoms with E-state index in [-0.39, 0.29) is 0 Å². The smallest absolute Gasteiger partial charge is 0.124 e. The maximum Gasteiger partial charge on any atom is 0.124 e. The fourth-order valence-electron chi connectivity index (χ4n) is 3.85. The van der Waals surface area contributed by atoms with Gasteiger partial charge in [0.05, 0.1) is 17.9 Å². The first-order chi connectivity index (χ1) is 10.8. The van der Waals surface area contributed by atoms with Crippen LogP contribution in [0, 0.1) is 0 Å². The van der Waals surface area contributed by atoms with Crippen molar-refractivity contribution in [2.24, 2.45) is 0 Å². The van der Waals surface area contributed by atoms with Crippen LogP contribution in [0.2, 0.25) is 0 Å². The molecule has 118 valence electrons. The average molecular weight is 299 g/mol.